The average molecular weight is 286 g/mol. The second-order valence-corrected chi connectivity index (χ2v) is 4.81. The van der Waals surface area contributed by atoms with Crippen molar-refractivity contribution in [3.8, 4) is 0 Å². The van der Waals surface area contributed by atoms with Crippen LogP contribution in [-0.2, 0) is 17.8 Å². The highest BCUT2D eigenvalue weighted by molar-refractivity contribution is 5.95. The molecule has 4 nitrogen and oxygen atoms in total. The van der Waals surface area contributed by atoms with Crippen molar-refractivity contribution in [2.24, 2.45) is 0 Å². The summed E-state index contributed by atoms with van der Waals surface area (Å²) in [7, 11) is 0. The van der Waals surface area contributed by atoms with Crippen LogP contribution in [-0.4, -0.2) is 17.1 Å². The van der Waals surface area contributed by atoms with E-state index in [2.05, 4.69) is 29.1 Å². The van der Waals surface area contributed by atoms with Gasteiger partial charge in [0.15, 0.2) is 0 Å². The number of hydrogen-bond donors (Lipinski definition) is 1. The Morgan fingerprint density at radius 3 is 2.76 bits per heavy atom. The van der Waals surface area contributed by atoms with Crippen molar-refractivity contribution in [3.05, 3.63) is 53.9 Å². The van der Waals surface area contributed by atoms with E-state index in [4.69, 9.17) is 4.74 Å². The molecule has 1 heterocycles. The second kappa shape index (κ2) is 7.53. The Morgan fingerprint density at radius 1 is 1.19 bits per heavy atom. The molecule has 0 saturated carbocycles. The molecule has 0 radical (unpaired) electrons. The number of esters is 1. The van der Waals surface area contributed by atoms with Gasteiger partial charge in [-0.25, -0.2) is 4.79 Å². The predicted molar refractivity (Wildman–Crippen MR) is 84.4 cm³/mol. The maximum absolute atomic E-state index is 11.9. The molecule has 4 heteroatoms. The minimum atomic E-state index is -0.287. The Kier molecular flexibility index (Phi) is 5.43. The number of anilines is 1. The molecule has 112 valence electrons. The Balaban J connectivity index is 2.09. The molecule has 0 spiro atoms. The molecular formula is C17H22N2O2. The first-order chi connectivity index (χ1) is 10.3. The highest BCUT2D eigenvalue weighted by Crippen LogP contribution is 2.17. The molecule has 1 aromatic carbocycles. The lowest BCUT2D eigenvalue weighted by atomic mass is 10.2. The molecule has 0 saturated heterocycles. The molecule has 0 aliphatic rings. The van der Waals surface area contributed by atoms with Gasteiger partial charge in [-0.3, -0.25) is 0 Å². The average Bonchev–Trinajstić information content (AvgIpc) is 2.93. The molecular weight excluding hydrogens is 264 g/mol. The third-order valence-corrected chi connectivity index (χ3v) is 3.27. The quantitative estimate of drug-likeness (QED) is 0.789. The number of aryl methyl sites for hydroxylation is 1. The largest absolute Gasteiger partial charge is 0.462 e. The van der Waals surface area contributed by atoms with Crippen LogP contribution < -0.4 is 5.32 Å². The predicted octanol–water partition coefficient (Wildman–Crippen LogP) is 3.69. The lowest BCUT2D eigenvalue weighted by Crippen LogP contribution is -2.11. The summed E-state index contributed by atoms with van der Waals surface area (Å²) >= 11 is 0. The van der Waals surface area contributed by atoms with Gasteiger partial charge in [0, 0.05) is 24.1 Å². The number of nitrogens with zero attached hydrogens (tertiary/aromatic N) is 1. The Morgan fingerprint density at radius 2 is 2.00 bits per heavy atom. The van der Waals surface area contributed by atoms with E-state index in [0.717, 1.165) is 18.7 Å². The van der Waals surface area contributed by atoms with Gasteiger partial charge in [0.25, 0.3) is 0 Å². The number of nitrogens with one attached hydrogen (secondary N) is 1. The lowest BCUT2D eigenvalue weighted by Gasteiger charge is -2.13. The van der Waals surface area contributed by atoms with Crippen LogP contribution in [0.3, 0.4) is 0 Å². The fourth-order valence-electron chi connectivity index (χ4n) is 2.28. The van der Waals surface area contributed by atoms with E-state index >= 15 is 0 Å². The monoisotopic (exact) mass is 286 g/mol. The normalized spacial score (nSPS) is 10.4. The van der Waals surface area contributed by atoms with Crippen LogP contribution in [0.15, 0.2) is 42.6 Å². The fraction of sp³-hybridized carbons (Fsp3) is 0.353. The highest BCUT2D eigenvalue weighted by atomic mass is 16.5. The number of carbonyl (C=O) groups excluding carboxylic acids is 1. The molecule has 1 N–H and O–H groups in total. The van der Waals surface area contributed by atoms with E-state index in [-0.39, 0.29) is 5.97 Å². The van der Waals surface area contributed by atoms with E-state index in [1.165, 1.54) is 5.69 Å². The third kappa shape index (κ3) is 3.88. The first-order valence-corrected chi connectivity index (χ1v) is 7.40. The second-order valence-electron chi connectivity index (χ2n) is 4.81. The summed E-state index contributed by atoms with van der Waals surface area (Å²) in [6, 6.07) is 11.6. The van der Waals surface area contributed by atoms with Gasteiger partial charge in [0.05, 0.1) is 18.7 Å². The summed E-state index contributed by atoms with van der Waals surface area (Å²) in [5, 5.41) is 3.33. The summed E-state index contributed by atoms with van der Waals surface area (Å²) < 4.78 is 7.31. The number of benzene rings is 1. The van der Waals surface area contributed by atoms with E-state index in [1.54, 1.807) is 6.07 Å². The highest BCUT2D eigenvalue weighted by Gasteiger charge is 2.11. The van der Waals surface area contributed by atoms with E-state index in [0.29, 0.717) is 18.7 Å². The summed E-state index contributed by atoms with van der Waals surface area (Å²) in [6.45, 7) is 6.04. The van der Waals surface area contributed by atoms with Crippen molar-refractivity contribution in [2.75, 3.05) is 11.9 Å². The van der Waals surface area contributed by atoms with Crippen LogP contribution in [0.1, 0.15) is 36.3 Å². The van der Waals surface area contributed by atoms with Crippen LogP contribution in [0.2, 0.25) is 0 Å². The van der Waals surface area contributed by atoms with Gasteiger partial charge in [-0.2, -0.15) is 0 Å². The van der Waals surface area contributed by atoms with E-state index in [9.17, 15) is 4.79 Å². The van der Waals surface area contributed by atoms with Crippen LogP contribution in [0, 0.1) is 0 Å². The number of ether oxygens (including phenoxy) is 1. The number of rotatable bonds is 7. The molecule has 2 aromatic rings. The van der Waals surface area contributed by atoms with Crippen LogP contribution in [0.4, 0.5) is 5.69 Å². The fourth-order valence-corrected chi connectivity index (χ4v) is 2.28. The molecule has 1 aromatic heterocycles. The maximum atomic E-state index is 11.9. The molecule has 0 fully saturated rings. The minimum absolute atomic E-state index is 0.287. The van der Waals surface area contributed by atoms with Gasteiger partial charge < -0.3 is 14.6 Å². The summed E-state index contributed by atoms with van der Waals surface area (Å²) in [6.07, 6.45) is 3.18. The van der Waals surface area contributed by atoms with Crippen molar-refractivity contribution in [1.29, 1.82) is 0 Å². The van der Waals surface area contributed by atoms with Crippen LogP contribution in [0.25, 0.3) is 0 Å². The van der Waals surface area contributed by atoms with Crippen molar-refractivity contribution in [3.63, 3.8) is 0 Å². The van der Waals surface area contributed by atoms with Crippen molar-refractivity contribution in [1.82, 2.24) is 4.57 Å². The number of para-hydroxylation sites is 1. The minimum Gasteiger partial charge on any atom is -0.462 e. The third-order valence-electron chi connectivity index (χ3n) is 3.27. The number of hydrogen-bond acceptors (Lipinski definition) is 3. The summed E-state index contributed by atoms with van der Waals surface area (Å²) in [4.78, 5) is 11.9. The lowest BCUT2D eigenvalue weighted by molar-refractivity contribution is 0.0527. The van der Waals surface area contributed by atoms with Crippen LogP contribution in [0.5, 0.6) is 0 Å². The van der Waals surface area contributed by atoms with Crippen molar-refractivity contribution < 1.29 is 9.53 Å². The summed E-state index contributed by atoms with van der Waals surface area (Å²) in [5.74, 6) is -0.287. The van der Waals surface area contributed by atoms with Gasteiger partial charge in [-0.15, -0.1) is 0 Å². The standard InChI is InChI=1S/C17H22N2O2/c1-3-11-19-12-7-8-14(19)13-18-16-10-6-5-9-15(16)17(20)21-4-2/h5-10,12,18H,3-4,11,13H2,1-2H3. The molecule has 0 unspecified atom stereocenters. The van der Waals surface area contributed by atoms with Crippen molar-refractivity contribution in [2.45, 2.75) is 33.4 Å². The Bertz CT molecular complexity index is 590. The first-order valence-electron chi connectivity index (χ1n) is 7.40. The zero-order valence-corrected chi connectivity index (χ0v) is 12.6. The van der Waals surface area contributed by atoms with E-state index < -0.39 is 0 Å². The maximum Gasteiger partial charge on any atom is 0.340 e. The Labute approximate surface area is 125 Å². The zero-order valence-electron chi connectivity index (χ0n) is 12.6. The molecule has 0 aliphatic heterocycles. The van der Waals surface area contributed by atoms with Crippen LogP contribution >= 0.6 is 0 Å². The van der Waals surface area contributed by atoms with Gasteiger partial charge >= 0.3 is 5.97 Å². The molecule has 21 heavy (non-hydrogen) atoms. The topological polar surface area (TPSA) is 43.3 Å². The van der Waals surface area contributed by atoms with E-state index in [1.807, 2.05) is 31.2 Å². The summed E-state index contributed by atoms with van der Waals surface area (Å²) in [5.41, 5.74) is 2.59. The van der Waals surface area contributed by atoms with Gasteiger partial charge in [-0.05, 0) is 37.6 Å². The molecule has 2 rings (SSSR count). The van der Waals surface area contributed by atoms with Crippen molar-refractivity contribution >= 4 is 11.7 Å². The Hall–Kier alpha value is -2.23. The first kappa shape index (κ1) is 15.2. The van der Waals surface area contributed by atoms with Gasteiger partial charge in [0.1, 0.15) is 0 Å². The van der Waals surface area contributed by atoms with Gasteiger partial charge in [0.2, 0.25) is 0 Å². The molecule has 0 bridgehead atoms. The smallest absolute Gasteiger partial charge is 0.340 e. The molecule has 0 atom stereocenters. The molecule has 0 amide bonds. The number of carbonyl (C=O) groups is 1. The zero-order chi connectivity index (χ0) is 15.1. The molecule has 0 aliphatic carbocycles. The SMILES string of the molecule is CCCn1cccc1CNc1ccccc1C(=O)OCC. The van der Waals surface area contributed by atoms with Gasteiger partial charge in [-0.1, -0.05) is 19.1 Å². The number of aromatic nitrogens is 1.